The number of carboxylic acids is 1. The molecule has 1 aromatic carbocycles. The van der Waals surface area contributed by atoms with Gasteiger partial charge in [0.15, 0.2) is 5.15 Å². The lowest BCUT2D eigenvalue weighted by Crippen LogP contribution is -2.08. The highest BCUT2D eigenvalue weighted by molar-refractivity contribution is 6.35. The predicted molar refractivity (Wildman–Crippen MR) is 91.0 cm³/mol. The molecule has 3 rings (SSSR count). The maximum Gasteiger partial charge on any atom is 0.310 e. The molecule has 1 N–H and O–H groups in total. The van der Waals surface area contributed by atoms with E-state index in [1.807, 2.05) is 12.1 Å². The van der Waals surface area contributed by atoms with Crippen LogP contribution in [0, 0.1) is 0 Å². The fourth-order valence-corrected chi connectivity index (χ4v) is 3.05. The van der Waals surface area contributed by atoms with E-state index < -0.39 is 11.9 Å². The van der Waals surface area contributed by atoms with Crippen LogP contribution in [-0.2, 0) is 11.3 Å². The van der Waals surface area contributed by atoms with Crippen LogP contribution in [0.15, 0.2) is 24.5 Å². The number of benzene rings is 1. The van der Waals surface area contributed by atoms with Crippen molar-refractivity contribution in [3.8, 4) is 0 Å². The second-order valence-electron chi connectivity index (χ2n) is 5.69. The van der Waals surface area contributed by atoms with E-state index in [1.165, 1.54) is 0 Å². The fourth-order valence-electron chi connectivity index (χ4n) is 2.82. The first-order valence-electron chi connectivity index (χ1n) is 7.70. The van der Waals surface area contributed by atoms with E-state index in [1.54, 1.807) is 19.3 Å². The van der Waals surface area contributed by atoms with Gasteiger partial charge in [0.1, 0.15) is 5.52 Å². The van der Waals surface area contributed by atoms with Gasteiger partial charge in [0.05, 0.1) is 23.3 Å². The number of hydrogen-bond donors (Lipinski definition) is 1. The summed E-state index contributed by atoms with van der Waals surface area (Å²) in [6.45, 7) is 4.64. The number of carboxylic acid groups (broad SMARTS) is 1. The SMILES string of the molecule is CCCCn1cnc2c(Cl)nc3c(C(C)C(=O)O)cccc3c21. The Labute approximate surface area is 138 Å². The second kappa shape index (κ2) is 6.16. The van der Waals surface area contributed by atoms with Crippen molar-refractivity contribution in [1.29, 1.82) is 0 Å². The van der Waals surface area contributed by atoms with Crippen LogP contribution in [-0.4, -0.2) is 25.6 Å². The van der Waals surface area contributed by atoms with Crippen molar-refractivity contribution in [3.05, 3.63) is 35.2 Å². The van der Waals surface area contributed by atoms with Crippen LogP contribution in [0.1, 0.15) is 38.2 Å². The second-order valence-corrected chi connectivity index (χ2v) is 6.05. The van der Waals surface area contributed by atoms with Crippen LogP contribution in [0.4, 0.5) is 0 Å². The van der Waals surface area contributed by atoms with Gasteiger partial charge in [-0.25, -0.2) is 9.97 Å². The summed E-state index contributed by atoms with van der Waals surface area (Å²) in [5.41, 5.74) is 2.89. The maximum absolute atomic E-state index is 11.4. The number of para-hydroxylation sites is 1. The molecule has 3 aromatic rings. The van der Waals surface area contributed by atoms with Gasteiger partial charge in [0, 0.05) is 11.9 Å². The van der Waals surface area contributed by atoms with Crippen molar-refractivity contribution in [1.82, 2.24) is 14.5 Å². The van der Waals surface area contributed by atoms with E-state index in [0.29, 0.717) is 21.7 Å². The number of hydrogen-bond acceptors (Lipinski definition) is 3. The lowest BCUT2D eigenvalue weighted by Gasteiger charge is -2.12. The number of nitrogens with zero attached hydrogens (tertiary/aromatic N) is 3. The van der Waals surface area contributed by atoms with Crippen molar-refractivity contribution >= 4 is 39.5 Å². The molecule has 0 radical (unpaired) electrons. The molecule has 0 fully saturated rings. The molecule has 1 unspecified atom stereocenters. The van der Waals surface area contributed by atoms with Crippen LogP contribution in [0.25, 0.3) is 21.9 Å². The summed E-state index contributed by atoms with van der Waals surface area (Å²) in [5, 5.41) is 10.5. The molecule has 2 aromatic heterocycles. The fraction of sp³-hybridized carbons (Fsp3) is 0.353. The van der Waals surface area contributed by atoms with Crippen molar-refractivity contribution in [2.45, 2.75) is 39.2 Å². The number of pyridine rings is 1. The topological polar surface area (TPSA) is 68.0 Å². The molecule has 0 amide bonds. The minimum atomic E-state index is -0.880. The largest absolute Gasteiger partial charge is 0.481 e. The maximum atomic E-state index is 11.4. The minimum Gasteiger partial charge on any atom is -0.481 e. The van der Waals surface area contributed by atoms with Gasteiger partial charge in [-0.15, -0.1) is 0 Å². The molecule has 0 aliphatic carbocycles. The van der Waals surface area contributed by atoms with E-state index in [4.69, 9.17) is 11.6 Å². The number of fused-ring (bicyclic) bond motifs is 3. The Morgan fingerprint density at radius 3 is 2.87 bits per heavy atom. The molecule has 120 valence electrons. The van der Waals surface area contributed by atoms with Crippen LogP contribution in [0.3, 0.4) is 0 Å². The van der Waals surface area contributed by atoms with E-state index in [2.05, 4.69) is 21.5 Å². The highest BCUT2D eigenvalue weighted by Gasteiger charge is 2.20. The number of rotatable bonds is 5. The van der Waals surface area contributed by atoms with Gasteiger partial charge in [0.25, 0.3) is 0 Å². The molecular formula is C17H18ClN3O2. The van der Waals surface area contributed by atoms with Crippen molar-refractivity contribution in [3.63, 3.8) is 0 Å². The molecule has 23 heavy (non-hydrogen) atoms. The van der Waals surface area contributed by atoms with Gasteiger partial charge in [-0.05, 0) is 18.9 Å². The Balaban J connectivity index is 2.32. The zero-order chi connectivity index (χ0) is 16.6. The third-order valence-corrected chi connectivity index (χ3v) is 4.42. The van der Waals surface area contributed by atoms with Gasteiger partial charge >= 0.3 is 5.97 Å². The number of unbranched alkanes of at least 4 members (excludes halogenated alkanes) is 1. The van der Waals surface area contributed by atoms with Gasteiger partial charge in [-0.1, -0.05) is 43.1 Å². The molecule has 1 atom stereocenters. The summed E-state index contributed by atoms with van der Waals surface area (Å²) in [5.74, 6) is -1.53. The molecule has 0 aliphatic heterocycles. The summed E-state index contributed by atoms with van der Waals surface area (Å²) in [4.78, 5) is 20.2. The van der Waals surface area contributed by atoms with E-state index in [0.717, 1.165) is 30.3 Å². The Morgan fingerprint density at radius 2 is 2.17 bits per heavy atom. The highest BCUT2D eigenvalue weighted by Crippen LogP contribution is 2.32. The number of aliphatic carboxylic acids is 1. The van der Waals surface area contributed by atoms with Crippen LogP contribution in [0.5, 0.6) is 0 Å². The Kier molecular flexibility index (Phi) is 4.22. The normalized spacial score (nSPS) is 12.8. The Bertz CT molecular complexity index is 888. The van der Waals surface area contributed by atoms with Gasteiger partial charge < -0.3 is 9.67 Å². The van der Waals surface area contributed by atoms with E-state index in [9.17, 15) is 9.90 Å². The molecule has 0 spiro atoms. The summed E-state index contributed by atoms with van der Waals surface area (Å²) in [6, 6.07) is 5.61. The molecule has 0 bridgehead atoms. The monoisotopic (exact) mass is 331 g/mol. The summed E-state index contributed by atoms with van der Waals surface area (Å²) >= 11 is 6.31. The quantitative estimate of drug-likeness (QED) is 0.710. The smallest absolute Gasteiger partial charge is 0.310 e. The minimum absolute atomic E-state index is 0.313. The Hall–Kier alpha value is -2.14. The molecular weight excluding hydrogens is 314 g/mol. The standard InChI is InChI=1S/C17H18ClN3O2/c1-3-4-8-21-9-19-14-15(21)12-7-5-6-11(10(2)17(22)23)13(12)20-16(14)18/h5-7,9-10H,3-4,8H2,1-2H3,(H,22,23). The van der Waals surface area contributed by atoms with Crippen molar-refractivity contribution < 1.29 is 9.90 Å². The van der Waals surface area contributed by atoms with Crippen molar-refractivity contribution in [2.75, 3.05) is 0 Å². The summed E-state index contributed by atoms with van der Waals surface area (Å²) < 4.78 is 2.07. The van der Waals surface area contributed by atoms with Crippen LogP contribution in [0.2, 0.25) is 5.15 Å². The average molecular weight is 332 g/mol. The number of halogens is 1. The third kappa shape index (κ3) is 2.65. The predicted octanol–water partition coefficient (Wildman–Crippen LogP) is 4.23. The molecule has 6 heteroatoms. The molecule has 0 saturated heterocycles. The average Bonchev–Trinajstić information content (AvgIpc) is 2.96. The first kappa shape index (κ1) is 15.7. The lowest BCUT2D eigenvalue weighted by atomic mass is 9.97. The molecule has 0 aliphatic rings. The number of aryl methyl sites for hydroxylation is 1. The number of imidazole rings is 1. The first-order valence-corrected chi connectivity index (χ1v) is 8.08. The third-order valence-electron chi connectivity index (χ3n) is 4.15. The molecule has 5 nitrogen and oxygen atoms in total. The van der Waals surface area contributed by atoms with Gasteiger partial charge in [-0.3, -0.25) is 4.79 Å². The van der Waals surface area contributed by atoms with Crippen molar-refractivity contribution in [2.24, 2.45) is 0 Å². The highest BCUT2D eigenvalue weighted by atomic mass is 35.5. The van der Waals surface area contributed by atoms with E-state index in [-0.39, 0.29) is 0 Å². The zero-order valence-electron chi connectivity index (χ0n) is 13.1. The summed E-state index contributed by atoms with van der Waals surface area (Å²) in [7, 11) is 0. The van der Waals surface area contributed by atoms with E-state index >= 15 is 0 Å². The van der Waals surface area contributed by atoms with Gasteiger partial charge in [-0.2, -0.15) is 0 Å². The zero-order valence-corrected chi connectivity index (χ0v) is 13.8. The number of aromatic nitrogens is 3. The Morgan fingerprint density at radius 1 is 1.39 bits per heavy atom. The summed E-state index contributed by atoms with van der Waals surface area (Å²) in [6.07, 6.45) is 3.90. The molecule has 0 saturated carbocycles. The number of carbonyl (C=O) groups is 1. The molecule has 2 heterocycles. The lowest BCUT2D eigenvalue weighted by molar-refractivity contribution is -0.138. The van der Waals surface area contributed by atoms with Gasteiger partial charge in [0.2, 0.25) is 0 Å². The first-order chi connectivity index (χ1) is 11.0. The van der Waals surface area contributed by atoms with Crippen LogP contribution < -0.4 is 0 Å². The van der Waals surface area contributed by atoms with Crippen LogP contribution >= 0.6 is 11.6 Å².